The molecule has 19 heavy (non-hydrogen) atoms. The molecule has 0 amide bonds. The Bertz CT molecular complexity index is 446. The average Bonchev–Trinajstić information content (AvgIpc) is 2.85. The molecular weight excluding hydrogens is 236 g/mol. The summed E-state index contributed by atoms with van der Waals surface area (Å²) in [6.45, 7) is 6.67. The zero-order chi connectivity index (χ0) is 13.2. The van der Waals surface area contributed by atoms with Crippen molar-refractivity contribution in [2.75, 3.05) is 18.4 Å². The Morgan fingerprint density at radius 2 is 2.21 bits per heavy atom. The monoisotopic (exact) mass is 260 g/mol. The fraction of sp³-hybridized carbons (Fsp3) is 0.733. The van der Waals surface area contributed by atoms with Gasteiger partial charge in [-0.15, -0.1) is 0 Å². The van der Waals surface area contributed by atoms with E-state index in [2.05, 4.69) is 33.2 Å². The minimum Gasteiger partial charge on any atom is -0.367 e. The van der Waals surface area contributed by atoms with Gasteiger partial charge in [-0.1, -0.05) is 6.92 Å². The maximum Gasteiger partial charge on any atom is 0.130 e. The number of aryl methyl sites for hydroxylation is 2. The van der Waals surface area contributed by atoms with Crippen LogP contribution in [0.5, 0.6) is 0 Å². The smallest absolute Gasteiger partial charge is 0.130 e. The molecule has 3 heterocycles. The summed E-state index contributed by atoms with van der Waals surface area (Å²) in [6.07, 6.45) is 6.23. The highest BCUT2D eigenvalue weighted by atomic mass is 15.2. The van der Waals surface area contributed by atoms with Crippen LogP contribution >= 0.6 is 0 Å². The third-order valence-electron chi connectivity index (χ3n) is 4.43. The maximum atomic E-state index is 4.53. The number of hydrogen-bond acceptors (Lipinski definition) is 4. The van der Waals surface area contributed by atoms with Gasteiger partial charge in [0.1, 0.15) is 11.6 Å². The van der Waals surface area contributed by atoms with Gasteiger partial charge in [-0.3, -0.25) is 0 Å². The molecule has 0 aromatic carbocycles. The van der Waals surface area contributed by atoms with Gasteiger partial charge in [0.2, 0.25) is 0 Å². The van der Waals surface area contributed by atoms with E-state index in [1.165, 1.54) is 38.8 Å². The number of fused-ring (bicyclic) bond motifs is 1. The topological polar surface area (TPSA) is 41.0 Å². The van der Waals surface area contributed by atoms with Gasteiger partial charge in [-0.05, 0) is 45.6 Å². The minimum absolute atomic E-state index is 0.582. The van der Waals surface area contributed by atoms with Crippen LogP contribution in [0.4, 0.5) is 5.82 Å². The molecule has 0 bridgehead atoms. The molecule has 1 aromatic rings. The van der Waals surface area contributed by atoms with Crippen LogP contribution in [0.25, 0.3) is 0 Å². The van der Waals surface area contributed by atoms with E-state index in [0.29, 0.717) is 6.04 Å². The molecule has 0 saturated carbocycles. The first-order chi connectivity index (χ1) is 9.24. The fourth-order valence-corrected chi connectivity index (χ4v) is 3.45. The van der Waals surface area contributed by atoms with Crippen LogP contribution in [0, 0.1) is 6.92 Å². The van der Waals surface area contributed by atoms with E-state index in [1.54, 1.807) is 0 Å². The molecular formula is C15H24N4. The molecule has 2 aliphatic heterocycles. The molecule has 1 N–H and O–H groups in total. The summed E-state index contributed by atoms with van der Waals surface area (Å²) in [5.74, 6) is 1.89. The number of nitrogens with one attached hydrogen (secondary N) is 1. The zero-order valence-electron chi connectivity index (χ0n) is 12.0. The van der Waals surface area contributed by atoms with E-state index >= 15 is 0 Å². The van der Waals surface area contributed by atoms with Crippen LogP contribution in [-0.2, 0) is 6.42 Å². The Hall–Kier alpha value is -1.16. The Labute approximate surface area is 115 Å². The summed E-state index contributed by atoms with van der Waals surface area (Å²) in [6, 6.07) is 3.49. The Morgan fingerprint density at radius 1 is 1.32 bits per heavy atom. The van der Waals surface area contributed by atoms with Crippen LogP contribution in [0.1, 0.15) is 44.1 Å². The van der Waals surface area contributed by atoms with Crippen molar-refractivity contribution in [1.29, 1.82) is 0 Å². The van der Waals surface area contributed by atoms with Crippen molar-refractivity contribution in [1.82, 2.24) is 14.9 Å². The molecule has 0 radical (unpaired) electrons. The number of aromatic nitrogens is 2. The summed E-state index contributed by atoms with van der Waals surface area (Å²) in [7, 11) is 0. The van der Waals surface area contributed by atoms with Crippen LogP contribution < -0.4 is 5.32 Å². The quantitative estimate of drug-likeness (QED) is 0.906. The second-order valence-electron chi connectivity index (χ2n) is 5.84. The molecule has 2 atom stereocenters. The molecule has 1 aromatic heterocycles. The lowest BCUT2D eigenvalue weighted by Crippen LogP contribution is -2.42. The predicted octanol–water partition coefficient (Wildman–Crippen LogP) is 2.39. The Balaban J connectivity index is 1.66. The molecule has 0 aliphatic carbocycles. The molecule has 2 saturated heterocycles. The molecule has 4 nitrogen and oxygen atoms in total. The first-order valence-electron chi connectivity index (χ1n) is 7.59. The second-order valence-corrected chi connectivity index (χ2v) is 5.84. The first-order valence-corrected chi connectivity index (χ1v) is 7.59. The number of nitrogens with zero attached hydrogens (tertiary/aromatic N) is 3. The average molecular weight is 260 g/mol. The van der Waals surface area contributed by atoms with Gasteiger partial charge in [-0.25, -0.2) is 9.97 Å². The highest BCUT2D eigenvalue weighted by molar-refractivity contribution is 5.37. The van der Waals surface area contributed by atoms with Crippen molar-refractivity contribution in [2.45, 2.75) is 58.0 Å². The number of hydrogen-bond donors (Lipinski definition) is 1. The second kappa shape index (κ2) is 5.45. The van der Waals surface area contributed by atoms with Crippen molar-refractivity contribution in [3.8, 4) is 0 Å². The predicted molar refractivity (Wildman–Crippen MR) is 77.4 cm³/mol. The summed E-state index contributed by atoms with van der Waals surface area (Å²) >= 11 is 0. The van der Waals surface area contributed by atoms with Gasteiger partial charge >= 0.3 is 0 Å². The minimum atomic E-state index is 0.582. The van der Waals surface area contributed by atoms with E-state index in [0.717, 1.165) is 29.8 Å². The molecule has 2 unspecified atom stereocenters. The van der Waals surface area contributed by atoms with Crippen molar-refractivity contribution < 1.29 is 0 Å². The van der Waals surface area contributed by atoms with E-state index < -0.39 is 0 Å². The van der Waals surface area contributed by atoms with Crippen molar-refractivity contribution in [3.63, 3.8) is 0 Å². The SMILES string of the molecule is CCc1cc(NC2CCN3CCCC3C2)nc(C)n1. The van der Waals surface area contributed by atoms with E-state index in [9.17, 15) is 0 Å². The molecule has 2 aliphatic rings. The van der Waals surface area contributed by atoms with Crippen molar-refractivity contribution >= 4 is 5.82 Å². The highest BCUT2D eigenvalue weighted by Crippen LogP contribution is 2.28. The third-order valence-corrected chi connectivity index (χ3v) is 4.43. The summed E-state index contributed by atoms with van der Waals surface area (Å²) < 4.78 is 0. The fourth-order valence-electron chi connectivity index (χ4n) is 3.45. The van der Waals surface area contributed by atoms with Gasteiger partial charge in [0.05, 0.1) is 0 Å². The van der Waals surface area contributed by atoms with Gasteiger partial charge in [0, 0.05) is 30.4 Å². The molecule has 0 spiro atoms. The lowest BCUT2D eigenvalue weighted by molar-refractivity contribution is 0.188. The largest absolute Gasteiger partial charge is 0.367 e. The first kappa shape index (κ1) is 12.9. The summed E-state index contributed by atoms with van der Waals surface area (Å²) in [4.78, 5) is 11.6. The molecule has 104 valence electrons. The lowest BCUT2D eigenvalue weighted by atomic mass is 9.97. The third kappa shape index (κ3) is 2.89. The van der Waals surface area contributed by atoms with Crippen LogP contribution in [0.2, 0.25) is 0 Å². The molecule has 2 fully saturated rings. The Morgan fingerprint density at radius 3 is 3.05 bits per heavy atom. The van der Waals surface area contributed by atoms with Crippen molar-refractivity contribution in [3.05, 3.63) is 17.6 Å². The zero-order valence-corrected chi connectivity index (χ0v) is 12.0. The lowest BCUT2D eigenvalue weighted by Gasteiger charge is -2.35. The van der Waals surface area contributed by atoms with E-state index in [4.69, 9.17) is 0 Å². The summed E-state index contributed by atoms with van der Waals surface area (Å²) in [5.41, 5.74) is 1.13. The molecule has 3 rings (SSSR count). The number of rotatable bonds is 3. The van der Waals surface area contributed by atoms with E-state index in [-0.39, 0.29) is 0 Å². The van der Waals surface area contributed by atoms with Crippen LogP contribution in [0.15, 0.2) is 6.07 Å². The Kier molecular flexibility index (Phi) is 3.69. The summed E-state index contributed by atoms with van der Waals surface area (Å²) in [5, 5.41) is 3.63. The standard InChI is InChI=1S/C15H24N4/c1-3-12-10-15(17-11(2)16-12)18-13-6-8-19-7-4-5-14(19)9-13/h10,13-14H,3-9H2,1-2H3,(H,16,17,18). The normalized spacial score (nSPS) is 27.3. The van der Waals surface area contributed by atoms with Gasteiger partial charge in [-0.2, -0.15) is 0 Å². The van der Waals surface area contributed by atoms with Gasteiger partial charge in [0.15, 0.2) is 0 Å². The van der Waals surface area contributed by atoms with Gasteiger partial charge in [0.25, 0.3) is 0 Å². The number of piperidine rings is 1. The van der Waals surface area contributed by atoms with Crippen molar-refractivity contribution in [2.24, 2.45) is 0 Å². The number of anilines is 1. The van der Waals surface area contributed by atoms with Crippen LogP contribution in [0.3, 0.4) is 0 Å². The maximum absolute atomic E-state index is 4.53. The highest BCUT2D eigenvalue weighted by Gasteiger charge is 2.31. The van der Waals surface area contributed by atoms with Crippen LogP contribution in [-0.4, -0.2) is 40.0 Å². The van der Waals surface area contributed by atoms with E-state index in [1.807, 2.05) is 6.92 Å². The van der Waals surface area contributed by atoms with Gasteiger partial charge < -0.3 is 10.2 Å². The molecule has 4 heteroatoms.